The number of aryl methyl sites for hydroxylation is 1. The molecule has 0 saturated heterocycles. The molecule has 0 bridgehead atoms. The minimum atomic E-state index is -0.142. The number of ether oxygens (including phenoxy) is 1. The molecule has 0 aliphatic rings. The highest BCUT2D eigenvalue weighted by Crippen LogP contribution is 2.45. The number of benzene rings is 3. The average molecular weight is 376 g/mol. The van der Waals surface area contributed by atoms with Gasteiger partial charge in [0.15, 0.2) is 6.29 Å². The molecule has 0 aromatic heterocycles. The Labute approximate surface area is 163 Å². The van der Waals surface area contributed by atoms with Crippen molar-refractivity contribution in [1.82, 2.24) is 0 Å². The van der Waals surface area contributed by atoms with Gasteiger partial charge in [-0.05, 0) is 23.4 Å². The van der Waals surface area contributed by atoms with Crippen LogP contribution in [0.3, 0.4) is 0 Å². The van der Waals surface area contributed by atoms with Crippen LogP contribution in [0.15, 0.2) is 72.8 Å². The van der Waals surface area contributed by atoms with Crippen molar-refractivity contribution in [3.8, 4) is 5.75 Å². The minimum absolute atomic E-state index is 0.142. The van der Waals surface area contributed by atoms with Crippen molar-refractivity contribution in [3.05, 3.63) is 95.1 Å². The molecule has 0 aliphatic heterocycles. The predicted molar refractivity (Wildman–Crippen MR) is 115 cm³/mol. The zero-order valence-corrected chi connectivity index (χ0v) is 17.0. The molecule has 138 valence electrons. The molecule has 3 aromatic carbocycles. The summed E-state index contributed by atoms with van der Waals surface area (Å²) in [5.41, 5.74) is 4.23. The maximum absolute atomic E-state index is 11.4. The third-order valence-electron chi connectivity index (χ3n) is 4.65. The highest BCUT2D eigenvalue weighted by atomic mass is 31.1. The Balaban J connectivity index is 1.90. The molecule has 0 fully saturated rings. The number of rotatable bonds is 7. The van der Waals surface area contributed by atoms with E-state index in [1.807, 2.05) is 42.5 Å². The number of aldehydes is 1. The minimum Gasteiger partial charge on any atom is -0.488 e. The molecule has 0 heterocycles. The van der Waals surface area contributed by atoms with Gasteiger partial charge >= 0.3 is 0 Å². The Kier molecular flexibility index (Phi) is 6.08. The lowest BCUT2D eigenvalue weighted by molar-refractivity contribution is 0.112. The van der Waals surface area contributed by atoms with Gasteiger partial charge < -0.3 is 4.74 Å². The van der Waals surface area contributed by atoms with Crippen LogP contribution in [-0.4, -0.2) is 6.29 Å². The van der Waals surface area contributed by atoms with Crippen LogP contribution in [0, 0.1) is 6.92 Å². The fraction of sp³-hybridized carbons (Fsp3) is 0.208. The van der Waals surface area contributed by atoms with E-state index in [2.05, 4.69) is 51.1 Å². The summed E-state index contributed by atoms with van der Waals surface area (Å²) in [5.74, 6) is 0.947. The van der Waals surface area contributed by atoms with Gasteiger partial charge in [0.25, 0.3) is 0 Å². The third-order valence-corrected chi connectivity index (χ3v) is 6.27. The summed E-state index contributed by atoms with van der Waals surface area (Å²) in [6.45, 7) is 7.07. The van der Waals surface area contributed by atoms with E-state index < -0.39 is 0 Å². The smallest absolute Gasteiger partial charge is 0.150 e. The van der Waals surface area contributed by atoms with E-state index in [-0.39, 0.29) is 5.16 Å². The van der Waals surface area contributed by atoms with Crippen LogP contribution >= 0.6 is 8.58 Å². The zero-order chi connectivity index (χ0) is 19.3. The quantitative estimate of drug-likeness (QED) is 0.395. The van der Waals surface area contributed by atoms with E-state index in [9.17, 15) is 4.79 Å². The SMILES string of the molecule is Cc1cccc(C(C)(C)Pc2ccccc2C=O)c1OCc1ccccc1. The summed E-state index contributed by atoms with van der Waals surface area (Å²) >= 11 is 0. The summed E-state index contributed by atoms with van der Waals surface area (Å²) in [7, 11) is 0.467. The second-order valence-corrected chi connectivity index (χ2v) is 9.22. The Bertz CT molecular complexity index is 917. The summed E-state index contributed by atoms with van der Waals surface area (Å²) in [6, 6.07) is 24.4. The molecule has 0 aliphatic carbocycles. The predicted octanol–water partition coefficient (Wildman–Crippen LogP) is 5.63. The van der Waals surface area contributed by atoms with Crippen molar-refractivity contribution < 1.29 is 9.53 Å². The number of hydrogen-bond donors (Lipinski definition) is 0. The molecule has 1 atom stereocenters. The van der Waals surface area contributed by atoms with Crippen molar-refractivity contribution in [2.75, 3.05) is 0 Å². The normalized spacial score (nSPS) is 11.7. The van der Waals surface area contributed by atoms with Crippen LogP contribution in [0.1, 0.15) is 40.9 Å². The first-order valence-electron chi connectivity index (χ1n) is 9.10. The first-order valence-corrected chi connectivity index (χ1v) is 10.1. The molecular weight excluding hydrogens is 351 g/mol. The molecule has 3 aromatic rings. The second-order valence-electron chi connectivity index (χ2n) is 7.18. The molecule has 3 rings (SSSR count). The lowest BCUT2D eigenvalue weighted by atomic mass is 9.98. The first kappa shape index (κ1) is 19.3. The number of carbonyl (C=O) groups excluding carboxylic acids is 1. The van der Waals surface area contributed by atoms with E-state index in [1.165, 1.54) is 5.56 Å². The van der Waals surface area contributed by atoms with Crippen molar-refractivity contribution in [3.63, 3.8) is 0 Å². The van der Waals surface area contributed by atoms with E-state index in [4.69, 9.17) is 4.74 Å². The molecule has 27 heavy (non-hydrogen) atoms. The molecule has 2 nitrogen and oxygen atoms in total. The third kappa shape index (κ3) is 4.64. The van der Waals surface area contributed by atoms with Crippen molar-refractivity contribution >= 4 is 20.2 Å². The molecule has 3 heteroatoms. The summed E-state index contributed by atoms with van der Waals surface area (Å²) in [6.07, 6.45) is 0.946. The number of hydrogen-bond acceptors (Lipinski definition) is 2. The monoisotopic (exact) mass is 376 g/mol. The standard InChI is InChI=1S/C24H25O2P/c1-18-10-9-14-21(23(18)26-17-19-11-5-4-6-12-19)24(2,3)27-22-15-8-7-13-20(22)16-25/h4-16,27H,17H2,1-3H3. The maximum atomic E-state index is 11.4. The van der Waals surface area contributed by atoms with Crippen molar-refractivity contribution in [1.29, 1.82) is 0 Å². The summed E-state index contributed by atoms with van der Waals surface area (Å²) in [4.78, 5) is 11.4. The molecule has 0 spiro atoms. The van der Waals surface area contributed by atoms with Gasteiger partial charge in [-0.3, -0.25) is 4.79 Å². The Morgan fingerprint density at radius 3 is 2.37 bits per heavy atom. The summed E-state index contributed by atoms with van der Waals surface area (Å²) < 4.78 is 6.27. The van der Waals surface area contributed by atoms with Gasteiger partial charge in [0.1, 0.15) is 12.4 Å². The molecular formula is C24H25O2P. The van der Waals surface area contributed by atoms with Crippen LogP contribution < -0.4 is 10.0 Å². The van der Waals surface area contributed by atoms with Gasteiger partial charge in [0, 0.05) is 16.3 Å². The molecule has 0 saturated carbocycles. The van der Waals surface area contributed by atoms with Crippen LogP contribution in [-0.2, 0) is 11.8 Å². The fourth-order valence-corrected chi connectivity index (χ4v) is 4.65. The lowest BCUT2D eigenvalue weighted by Gasteiger charge is -2.29. The highest BCUT2D eigenvalue weighted by molar-refractivity contribution is 7.48. The fourth-order valence-electron chi connectivity index (χ4n) is 3.18. The average Bonchev–Trinajstić information content (AvgIpc) is 2.68. The number of para-hydroxylation sites is 1. The zero-order valence-electron chi connectivity index (χ0n) is 16.0. The molecule has 1 unspecified atom stereocenters. The number of carbonyl (C=O) groups is 1. The molecule has 0 N–H and O–H groups in total. The van der Waals surface area contributed by atoms with Crippen LogP contribution in [0.5, 0.6) is 5.75 Å². The van der Waals surface area contributed by atoms with Gasteiger partial charge in [-0.25, -0.2) is 0 Å². The lowest BCUT2D eigenvalue weighted by Crippen LogP contribution is -2.18. The van der Waals surface area contributed by atoms with Gasteiger partial charge in [-0.2, -0.15) is 0 Å². The first-order chi connectivity index (χ1) is 13.0. The Morgan fingerprint density at radius 2 is 1.63 bits per heavy atom. The van der Waals surface area contributed by atoms with E-state index in [0.717, 1.165) is 34.0 Å². The van der Waals surface area contributed by atoms with Gasteiger partial charge in [-0.15, -0.1) is 0 Å². The van der Waals surface area contributed by atoms with Crippen LogP contribution in [0.2, 0.25) is 0 Å². The highest BCUT2D eigenvalue weighted by Gasteiger charge is 2.27. The second kappa shape index (κ2) is 8.50. The summed E-state index contributed by atoms with van der Waals surface area (Å²) in [5, 5.41) is 0.949. The van der Waals surface area contributed by atoms with E-state index >= 15 is 0 Å². The van der Waals surface area contributed by atoms with Gasteiger partial charge in [0.2, 0.25) is 0 Å². The van der Waals surface area contributed by atoms with Crippen molar-refractivity contribution in [2.45, 2.75) is 32.5 Å². The topological polar surface area (TPSA) is 26.3 Å². The largest absolute Gasteiger partial charge is 0.488 e. The van der Waals surface area contributed by atoms with Crippen molar-refractivity contribution in [2.24, 2.45) is 0 Å². The van der Waals surface area contributed by atoms with Gasteiger partial charge in [-0.1, -0.05) is 95.2 Å². The maximum Gasteiger partial charge on any atom is 0.150 e. The van der Waals surface area contributed by atoms with Crippen LogP contribution in [0.4, 0.5) is 0 Å². The Hall–Kier alpha value is -2.44. The molecule has 0 radical (unpaired) electrons. The molecule has 0 amide bonds. The van der Waals surface area contributed by atoms with E-state index in [0.29, 0.717) is 15.2 Å². The van der Waals surface area contributed by atoms with E-state index in [1.54, 1.807) is 0 Å². The van der Waals surface area contributed by atoms with Gasteiger partial charge in [0.05, 0.1) is 0 Å². The Morgan fingerprint density at radius 1 is 0.926 bits per heavy atom. The van der Waals surface area contributed by atoms with Crippen LogP contribution in [0.25, 0.3) is 0 Å².